The maximum atomic E-state index is 13.2. The van der Waals surface area contributed by atoms with Gasteiger partial charge >= 0.3 is 0 Å². The molecule has 0 aliphatic carbocycles. The van der Waals surface area contributed by atoms with E-state index in [0.717, 1.165) is 26.6 Å². The molecule has 1 aromatic heterocycles. The first kappa shape index (κ1) is 14.8. The van der Waals surface area contributed by atoms with Gasteiger partial charge in [-0.15, -0.1) is 0 Å². The van der Waals surface area contributed by atoms with Gasteiger partial charge in [-0.1, -0.05) is 37.9 Å². The fourth-order valence-electron chi connectivity index (χ4n) is 2.36. The number of benzene rings is 2. The fourth-order valence-corrected chi connectivity index (χ4v) is 3.55. The number of furan rings is 1. The average molecular weight is 413 g/mol. The molecular formula is C16H12Br2FNO. The predicted molar refractivity (Wildman–Crippen MR) is 88.8 cm³/mol. The van der Waals surface area contributed by atoms with E-state index < -0.39 is 6.04 Å². The Balaban J connectivity index is 2.09. The van der Waals surface area contributed by atoms with Crippen LogP contribution in [0.15, 0.2) is 49.8 Å². The highest BCUT2D eigenvalue weighted by Crippen LogP contribution is 2.33. The summed E-state index contributed by atoms with van der Waals surface area (Å²) in [6.45, 7) is 1.99. The summed E-state index contributed by atoms with van der Waals surface area (Å²) in [5.74, 6) is 0.348. The summed E-state index contributed by atoms with van der Waals surface area (Å²) in [7, 11) is 0. The lowest BCUT2D eigenvalue weighted by atomic mass is 10.1. The van der Waals surface area contributed by atoms with Crippen LogP contribution >= 0.6 is 31.9 Å². The van der Waals surface area contributed by atoms with Crippen LogP contribution in [0.25, 0.3) is 11.0 Å². The predicted octanol–water partition coefficient (Wildman–Crippen LogP) is 5.45. The largest absolute Gasteiger partial charge is 0.459 e. The van der Waals surface area contributed by atoms with Gasteiger partial charge in [-0.2, -0.15) is 0 Å². The first-order valence-corrected chi connectivity index (χ1v) is 7.94. The molecule has 2 aromatic carbocycles. The van der Waals surface area contributed by atoms with Gasteiger partial charge in [-0.05, 0) is 48.4 Å². The van der Waals surface area contributed by atoms with E-state index in [4.69, 9.17) is 10.2 Å². The zero-order valence-electron chi connectivity index (χ0n) is 11.2. The van der Waals surface area contributed by atoms with Crippen molar-refractivity contribution < 1.29 is 8.81 Å². The Kier molecular flexibility index (Phi) is 3.90. The number of rotatable bonds is 2. The van der Waals surface area contributed by atoms with Crippen LogP contribution in [0.3, 0.4) is 0 Å². The molecule has 3 rings (SSSR count). The Morgan fingerprint density at radius 1 is 1.14 bits per heavy atom. The average Bonchev–Trinajstić information content (AvgIpc) is 2.82. The van der Waals surface area contributed by atoms with Gasteiger partial charge in [0.05, 0.1) is 6.04 Å². The van der Waals surface area contributed by atoms with E-state index in [1.807, 2.05) is 25.1 Å². The second kappa shape index (κ2) is 5.55. The third-order valence-electron chi connectivity index (χ3n) is 3.39. The lowest BCUT2D eigenvalue weighted by Crippen LogP contribution is -2.11. The third-order valence-corrected chi connectivity index (χ3v) is 4.53. The maximum absolute atomic E-state index is 13.2. The summed E-state index contributed by atoms with van der Waals surface area (Å²) < 4.78 is 20.7. The molecule has 1 atom stereocenters. The van der Waals surface area contributed by atoms with Crippen LogP contribution in [-0.4, -0.2) is 0 Å². The third kappa shape index (κ3) is 2.78. The van der Waals surface area contributed by atoms with Crippen LogP contribution in [0.5, 0.6) is 0 Å². The number of hydrogen-bond donors (Lipinski definition) is 1. The molecule has 0 saturated heterocycles. The van der Waals surface area contributed by atoms with E-state index in [1.54, 1.807) is 6.07 Å². The Labute approximate surface area is 138 Å². The van der Waals surface area contributed by atoms with Gasteiger partial charge < -0.3 is 10.2 Å². The molecule has 0 aliphatic heterocycles. The molecule has 5 heteroatoms. The molecule has 0 saturated carbocycles. The van der Waals surface area contributed by atoms with Crippen LogP contribution in [0.1, 0.15) is 22.9 Å². The lowest BCUT2D eigenvalue weighted by Gasteiger charge is -2.11. The lowest BCUT2D eigenvalue weighted by molar-refractivity contribution is 0.522. The summed E-state index contributed by atoms with van der Waals surface area (Å²) in [4.78, 5) is 0. The molecule has 21 heavy (non-hydrogen) atoms. The van der Waals surface area contributed by atoms with E-state index in [1.165, 1.54) is 12.1 Å². The second-order valence-corrected chi connectivity index (χ2v) is 6.70. The molecule has 3 aromatic rings. The topological polar surface area (TPSA) is 39.2 Å². The molecular weight excluding hydrogens is 401 g/mol. The van der Waals surface area contributed by atoms with Crippen molar-refractivity contribution in [3.05, 3.63) is 68.0 Å². The van der Waals surface area contributed by atoms with Gasteiger partial charge in [-0.3, -0.25) is 0 Å². The van der Waals surface area contributed by atoms with Gasteiger partial charge in [0, 0.05) is 14.3 Å². The van der Waals surface area contributed by atoms with Gasteiger partial charge in [0.25, 0.3) is 0 Å². The molecule has 0 bridgehead atoms. The van der Waals surface area contributed by atoms with Crippen LogP contribution in [0.2, 0.25) is 0 Å². The Hall–Kier alpha value is -1.17. The Morgan fingerprint density at radius 2 is 1.90 bits per heavy atom. The molecule has 0 fully saturated rings. The van der Waals surface area contributed by atoms with Crippen molar-refractivity contribution in [1.29, 1.82) is 0 Å². The van der Waals surface area contributed by atoms with Gasteiger partial charge in [-0.25, -0.2) is 4.39 Å². The molecule has 0 aliphatic rings. The normalized spacial score (nSPS) is 12.8. The smallest absolute Gasteiger partial charge is 0.137 e. The fraction of sp³-hybridized carbons (Fsp3) is 0.125. The highest BCUT2D eigenvalue weighted by molar-refractivity contribution is 9.10. The van der Waals surface area contributed by atoms with E-state index in [9.17, 15) is 4.39 Å². The maximum Gasteiger partial charge on any atom is 0.137 e. The summed E-state index contributed by atoms with van der Waals surface area (Å²) >= 11 is 6.82. The molecule has 0 spiro atoms. The molecule has 2 nitrogen and oxygen atoms in total. The van der Waals surface area contributed by atoms with Gasteiger partial charge in [0.2, 0.25) is 0 Å². The number of aryl methyl sites for hydroxylation is 1. The minimum atomic E-state index is -0.453. The van der Waals surface area contributed by atoms with Crippen molar-refractivity contribution in [3.63, 3.8) is 0 Å². The van der Waals surface area contributed by atoms with Crippen molar-refractivity contribution in [2.45, 2.75) is 13.0 Å². The SMILES string of the molecule is Cc1cc(Br)cc2cc(C(N)c3ccc(F)cc3Br)oc12. The number of fused-ring (bicyclic) bond motifs is 1. The number of hydrogen-bond acceptors (Lipinski definition) is 2. The summed E-state index contributed by atoms with van der Waals surface area (Å²) in [5, 5.41) is 0.991. The summed E-state index contributed by atoms with van der Waals surface area (Å²) in [6, 6.07) is 9.92. The number of halogens is 3. The second-order valence-electron chi connectivity index (χ2n) is 4.93. The molecule has 0 radical (unpaired) electrons. The van der Waals surface area contributed by atoms with Crippen LogP contribution in [0, 0.1) is 12.7 Å². The molecule has 1 unspecified atom stereocenters. The van der Waals surface area contributed by atoms with Gasteiger partial charge in [0.15, 0.2) is 0 Å². The van der Waals surface area contributed by atoms with Crippen molar-refractivity contribution in [3.8, 4) is 0 Å². The van der Waals surface area contributed by atoms with Crippen molar-refractivity contribution in [2.24, 2.45) is 5.73 Å². The first-order chi connectivity index (χ1) is 9.95. The van der Waals surface area contributed by atoms with Crippen LogP contribution < -0.4 is 5.73 Å². The Morgan fingerprint density at radius 3 is 2.62 bits per heavy atom. The van der Waals surface area contributed by atoms with Gasteiger partial charge in [0.1, 0.15) is 17.2 Å². The standard InChI is InChI=1S/C16H12Br2FNO/c1-8-4-10(17)5-9-6-14(21-16(8)9)15(20)12-3-2-11(19)7-13(12)18/h2-7,15H,20H2,1H3. The van der Waals surface area contributed by atoms with Crippen LogP contribution in [-0.2, 0) is 0 Å². The number of nitrogens with two attached hydrogens (primary N) is 1. The highest BCUT2D eigenvalue weighted by atomic mass is 79.9. The van der Waals surface area contributed by atoms with E-state index in [-0.39, 0.29) is 5.82 Å². The molecule has 108 valence electrons. The summed E-state index contributed by atoms with van der Waals surface area (Å²) in [6.07, 6.45) is 0. The zero-order chi connectivity index (χ0) is 15.1. The van der Waals surface area contributed by atoms with E-state index in [2.05, 4.69) is 31.9 Å². The molecule has 0 amide bonds. The van der Waals surface area contributed by atoms with Crippen molar-refractivity contribution >= 4 is 42.8 Å². The van der Waals surface area contributed by atoms with Crippen molar-refractivity contribution in [1.82, 2.24) is 0 Å². The molecule has 1 heterocycles. The zero-order valence-corrected chi connectivity index (χ0v) is 14.3. The molecule has 2 N–H and O–H groups in total. The highest BCUT2D eigenvalue weighted by Gasteiger charge is 2.18. The quantitative estimate of drug-likeness (QED) is 0.607. The minimum Gasteiger partial charge on any atom is -0.459 e. The van der Waals surface area contributed by atoms with Crippen LogP contribution in [0.4, 0.5) is 4.39 Å². The summed E-state index contributed by atoms with van der Waals surface area (Å²) in [5.41, 5.74) is 8.90. The Bertz CT molecular complexity index is 829. The monoisotopic (exact) mass is 411 g/mol. The minimum absolute atomic E-state index is 0.304. The van der Waals surface area contributed by atoms with Crippen molar-refractivity contribution in [2.75, 3.05) is 0 Å². The first-order valence-electron chi connectivity index (χ1n) is 6.36. The van der Waals surface area contributed by atoms with E-state index in [0.29, 0.717) is 10.2 Å². The van der Waals surface area contributed by atoms with E-state index >= 15 is 0 Å².